The summed E-state index contributed by atoms with van der Waals surface area (Å²) in [7, 11) is -3.49. The van der Waals surface area contributed by atoms with E-state index in [1.807, 2.05) is 44.2 Å². The second kappa shape index (κ2) is 8.06. The van der Waals surface area contributed by atoms with Gasteiger partial charge in [-0.2, -0.15) is 4.31 Å². The second-order valence-electron chi connectivity index (χ2n) is 6.36. The minimum atomic E-state index is -3.49. The normalized spacial score (nSPS) is 14.1. The fourth-order valence-electron chi connectivity index (χ4n) is 3.30. The molecule has 2 aromatic carbocycles. The van der Waals surface area contributed by atoms with E-state index >= 15 is 0 Å². The molecular formula is C21H24N2O3S. The molecule has 0 bridgehead atoms. The summed E-state index contributed by atoms with van der Waals surface area (Å²) < 4.78 is 26.8. The third kappa shape index (κ3) is 3.96. The first-order valence-electron chi connectivity index (χ1n) is 9.15. The van der Waals surface area contributed by atoms with Crippen molar-refractivity contribution in [3.05, 3.63) is 65.7 Å². The van der Waals surface area contributed by atoms with Crippen LogP contribution >= 0.6 is 0 Å². The van der Waals surface area contributed by atoms with E-state index in [0.717, 1.165) is 16.8 Å². The van der Waals surface area contributed by atoms with Crippen molar-refractivity contribution in [2.24, 2.45) is 0 Å². The molecule has 0 saturated heterocycles. The van der Waals surface area contributed by atoms with Crippen LogP contribution in [0.5, 0.6) is 0 Å². The maximum absolute atomic E-state index is 12.7. The molecule has 0 aliphatic carbocycles. The van der Waals surface area contributed by atoms with E-state index in [2.05, 4.69) is 0 Å². The monoisotopic (exact) mass is 384 g/mol. The van der Waals surface area contributed by atoms with Gasteiger partial charge >= 0.3 is 0 Å². The summed E-state index contributed by atoms with van der Waals surface area (Å²) in [5.41, 5.74) is 2.65. The van der Waals surface area contributed by atoms with Gasteiger partial charge in [0.2, 0.25) is 10.0 Å². The number of carbonyl (C=O) groups is 1. The van der Waals surface area contributed by atoms with E-state index in [9.17, 15) is 13.2 Å². The Labute approximate surface area is 161 Å². The van der Waals surface area contributed by atoms with Crippen LogP contribution < -0.4 is 4.90 Å². The maximum Gasteiger partial charge on any atom is 0.251 e. The van der Waals surface area contributed by atoms with Gasteiger partial charge in [0.05, 0.1) is 4.90 Å². The average molecular weight is 385 g/mol. The van der Waals surface area contributed by atoms with Crippen molar-refractivity contribution in [3.63, 3.8) is 0 Å². The topological polar surface area (TPSA) is 57.7 Å². The minimum absolute atomic E-state index is 0.100. The Morgan fingerprint density at radius 2 is 1.81 bits per heavy atom. The lowest BCUT2D eigenvalue weighted by atomic mass is 10.2. The van der Waals surface area contributed by atoms with Crippen LogP contribution in [0, 0.1) is 0 Å². The summed E-state index contributed by atoms with van der Waals surface area (Å²) in [6.45, 7) is 5.08. The first kappa shape index (κ1) is 19.3. The van der Waals surface area contributed by atoms with Gasteiger partial charge in [-0.1, -0.05) is 44.2 Å². The van der Waals surface area contributed by atoms with Gasteiger partial charge in [0.1, 0.15) is 0 Å². The van der Waals surface area contributed by atoms with Gasteiger partial charge in [-0.25, -0.2) is 8.42 Å². The number of benzene rings is 2. The van der Waals surface area contributed by atoms with Gasteiger partial charge in [0.25, 0.3) is 5.91 Å². The van der Waals surface area contributed by atoms with E-state index in [1.165, 1.54) is 4.31 Å². The molecule has 1 aliphatic rings. The smallest absolute Gasteiger partial charge is 0.251 e. The van der Waals surface area contributed by atoms with Gasteiger partial charge < -0.3 is 4.90 Å². The summed E-state index contributed by atoms with van der Waals surface area (Å²) in [6, 6.07) is 14.7. The molecule has 27 heavy (non-hydrogen) atoms. The van der Waals surface area contributed by atoms with Crippen LogP contribution in [-0.4, -0.2) is 38.3 Å². The average Bonchev–Trinajstić information content (AvgIpc) is 3.11. The lowest BCUT2D eigenvalue weighted by Crippen LogP contribution is -2.30. The summed E-state index contributed by atoms with van der Waals surface area (Å²) in [5.74, 6) is -0.100. The molecule has 142 valence electrons. The number of fused-ring (bicyclic) bond motifs is 1. The number of nitrogens with zero attached hydrogens (tertiary/aromatic N) is 2. The summed E-state index contributed by atoms with van der Waals surface area (Å²) in [6.07, 6.45) is 4.01. The van der Waals surface area contributed by atoms with Crippen LogP contribution in [0.25, 0.3) is 6.08 Å². The number of carbonyl (C=O) groups excluding carboxylic acids is 1. The number of rotatable bonds is 6. The third-order valence-corrected chi connectivity index (χ3v) is 6.82. The van der Waals surface area contributed by atoms with Gasteiger partial charge in [0, 0.05) is 31.4 Å². The van der Waals surface area contributed by atoms with Crippen molar-refractivity contribution in [1.29, 1.82) is 0 Å². The van der Waals surface area contributed by atoms with Crippen LogP contribution in [0.2, 0.25) is 0 Å². The highest BCUT2D eigenvalue weighted by Gasteiger charge is 2.27. The Hall–Kier alpha value is -2.44. The Morgan fingerprint density at radius 1 is 1.11 bits per heavy atom. The van der Waals surface area contributed by atoms with Crippen molar-refractivity contribution in [3.8, 4) is 0 Å². The highest BCUT2D eigenvalue weighted by Crippen LogP contribution is 2.31. The van der Waals surface area contributed by atoms with Crippen LogP contribution in [-0.2, 0) is 21.2 Å². The molecular weight excluding hydrogens is 360 g/mol. The predicted octanol–water partition coefficient (Wildman–Crippen LogP) is 3.32. The van der Waals surface area contributed by atoms with E-state index in [0.29, 0.717) is 31.0 Å². The van der Waals surface area contributed by atoms with Gasteiger partial charge in [-0.15, -0.1) is 0 Å². The summed E-state index contributed by atoms with van der Waals surface area (Å²) in [5, 5.41) is 0. The first-order valence-corrected chi connectivity index (χ1v) is 10.6. The van der Waals surface area contributed by atoms with Crippen LogP contribution in [0.3, 0.4) is 0 Å². The molecule has 0 radical (unpaired) electrons. The lowest BCUT2D eigenvalue weighted by molar-refractivity contribution is -0.114. The van der Waals surface area contributed by atoms with E-state index in [4.69, 9.17) is 0 Å². The molecule has 0 spiro atoms. The molecule has 3 rings (SSSR count). The zero-order valence-corrected chi connectivity index (χ0v) is 16.4. The molecule has 1 aliphatic heterocycles. The van der Waals surface area contributed by atoms with Crippen LogP contribution in [0.4, 0.5) is 5.69 Å². The fraction of sp³-hybridized carbons (Fsp3) is 0.286. The van der Waals surface area contributed by atoms with Crippen LogP contribution in [0.15, 0.2) is 59.5 Å². The molecule has 0 saturated carbocycles. The number of hydrogen-bond donors (Lipinski definition) is 0. The fourth-order valence-corrected chi connectivity index (χ4v) is 4.81. The number of hydrogen-bond acceptors (Lipinski definition) is 3. The molecule has 1 heterocycles. The number of sulfonamides is 1. The third-order valence-electron chi connectivity index (χ3n) is 4.77. The minimum Gasteiger partial charge on any atom is -0.308 e. The van der Waals surface area contributed by atoms with Crippen molar-refractivity contribution in [2.45, 2.75) is 25.2 Å². The number of anilines is 1. The van der Waals surface area contributed by atoms with Crippen LogP contribution in [0.1, 0.15) is 25.0 Å². The molecule has 0 fully saturated rings. The highest BCUT2D eigenvalue weighted by molar-refractivity contribution is 7.89. The van der Waals surface area contributed by atoms with Crippen molar-refractivity contribution < 1.29 is 13.2 Å². The Kier molecular flexibility index (Phi) is 5.77. The Bertz CT molecular complexity index is 949. The Balaban J connectivity index is 1.82. The molecule has 0 atom stereocenters. The zero-order chi connectivity index (χ0) is 19.4. The highest BCUT2D eigenvalue weighted by atomic mass is 32.2. The predicted molar refractivity (Wildman–Crippen MR) is 108 cm³/mol. The molecule has 0 unspecified atom stereocenters. The quantitative estimate of drug-likeness (QED) is 0.718. The Morgan fingerprint density at radius 3 is 2.48 bits per heavy atom. The van der Waals surface area contributed by atoms with Gasteiger partial charge in [-0.05, 0) is 41.8 Å². The molecule has 5 nitrogen and oxygen atoms in total. The largest absolute Gasteiger partial charge is 0.308 e. The van der Waals surface area contributed by atoms with Crippen molar-refractivity contribution >= 4 is 27.7 Å². The summed E-state index contributed by atoms with van der Waals surface area (Å²) in [4.78, 5) is 14.6. The SMILES string of the molecule is CCN(CC)S(=O)(=O)c1ccc2c(c1)CCN2C(=O)/C=C/c1ccccc1. The number of amides is 1. The van der Waals surface area contributed by atoms with Crippen molar-refractivity contribution in [1.82, 2.24) is 4.31 Å². The van der Waals surface area contributed by atoms with Gasteiger partial charge in [0.15, 0.2) is 0 Å². The van der Waals surface area contributed by atoms with Gasteiger partial charge in [-0.3, -0.25) is 4.79 Å². The molecule has 0 aromatic heterocycles. The zero-order valence-electron chi connectivity index (χ0n) is 15.6. The van der Waals surface area contributed by atoms with E-state index in [-0.39, 0.29) is 5.91 Å². The standard InChI is InChI=1S/C21H24N2O3S/c1-3-22(4-2)27(25,26)19-11-12-20-18(16-19)14-15-23(20)21(24)13-10-17-8-6-5-7-9-17/h5-13,16H,3-4,14-15H2,1-2H3/b13-10+. The van der Waals surface area contributed by atoms with Crippen molar-refractivity contribution in [2.75, 3.05) is 24.5 Å². The first-order chi connectivity index (χ1) is 13.0. The molecule has 2 aromatic rings. The second-order valence-corrected chi connectivity index (χ2v) is 8.30. The van der Waals surface area contributed by atoms with E-state index < -0.39 is 10.0 Å². The van der Waals surface area contributed by atoms with E-state index in [1.54, 1.807) is 35.3 Å². The molecule has 1 amide bonds. The lowest BCUT2D eigenvalue weighted by Gasteiger charge is -2.19. The summed E-state index contributed by atoms with van der Waals surface area (Å²) >= 11 is 0. The maximum atomic E-state index is 12.7. The molecule has 0 N–H and O–H groups in total. The molecule has 6 heteroatoms.